The summed E-state index contributed by atoms with van der Waals surface area (Å²) in [5.74, 6) is 2.66. The number of ether oxygens (including phenoxy) is 3. The van der Waals surface area contributed by atoms with Crippen molar-refractivity contribution in [3.8, 4) is 17.2 Å². The zero-order valence-corrected chi connectivity index (χ0v) is 18.0. The summed E-state index contributed by atoms with van der Waals surface area (Å²) in [7, 11) is 6.60. The lowest BCUT2D eigenvalue weighted by Crippen LogP contribution is -2.42. The third-order valence-electron chi connectivity index (χ3n) is 5.60. The summed E-state index contributed by atoms with van der Waals surface area (Å²) in [6.45, 7) is 1.27. The highest BCUT2D eigenvalue weighted by molar-refractivity contribution is 5.79. The second-order valence-electron chi connectivity index (χ2n) is 7.37. The molecule has 0 unspecified atom stereocenters. The summed E-state index contributed by atoms with van der Waals surface area (Å²) in [4.78, 5) is 4.30. The Morgan fingerprint density at radius 3 is 2.23 bits per heavy atom. The summed E-state index contributed by atoms with van der Waals surface area (Å²) in [5, 5.41) is 6.67. The van der Waals surface area contributed by atoms with Crippen LogP contribution in [-0.4, -0.2) is 47.4 Å². The molecule has 0 bridgehead atoms. The SMILES string of the molecule is CN=C(NCCc1c(OC)cc(OC)cc1OC)NCC1(c2ccccc2F)CC1. The van der Waals surface area contributed by atoms with Gasteiger partial charge in [-0.05, 0) is 30.9 Å². The molecule has 0 heterocycles. The number of hydrogen-bond donors (Lipinski definition) is 2. The van der Waals surface area contributed by atoms with Crippen molar-refractivity contribution in [3.05, 3.63) is 53.3 Å². The van der Waals surface area contributed by atoms with Gasteiger partial charge < -0.3 is 24.8 Å². The molecule has 0 aromatic heterocycles. The Kier molecular flexibility index (Phi) is 7.03. The molecule has 0 saturated heterocycles. The van der Waals surface area contributed by atoms with Crippen LogP contribution in [0.5, 0.6) is 17.2 Å². The molecule has 1 saturated carbocycles. The minimum absolute atomic E-state index is 0.140. The predicted octanol–water partition coefficient (Wildman–Crippen LogP) is 3.29. The molecule has 2 N–H and O–H groups in total. The Labute approximate surface area is 177 Å². The fourth-order valence-electron chi connectivity index (χ4n) is 3.69. The van der Waals surface area contributed by atoms with Crippen molar-refractivity contribution in [1.82, 2.24) is 10.6 Å². The quantitative estimate of drug-likeness (QED) is 0.486. The number of methoxy groups -OCH3 is 3. The van der Waals surface area contributed by atoms with Gasteiger partial charge in [0.1, 0.15) is 23.1 Å². The van der Waals surface area contributed by atoms with E-state index in [1.165, 1.54) is 6.07 Å². The van der Waals surface area contributed by atoms with Gasteiger partial charge in [-0.3, -0.25) is 4.99 Å². The number of nitrogens with zero attached hydrogens (tertiary/aromatic N) is 1. The van der Waals surface area contributed by atoms with Gasteiger partial charge in [0.25, 0.3) is 0 Å². The van der Waals surface area contributed by atoms with Crippen LogP contribution < -0.4 is 24.8 Å². The molecule has 1 fully saturated rings. The predicted molar refractivity (Wildman–Crippen MR) is 116 cm³/mol. The minimum atomic E-state index is -0.147. The van der Waals surface area contributed by atoms with Gasteiger partial charge in [-0.15, -0.1) is 0 Å². The zero-order valence-electron chi connectivity index (χ0n) is 18.0. The fraction of sp³-hybridized carbons (Fsp3) is 0.435. The van der Waals surface area contributed by atoms with Crippen molar-refractivity contribution >= 4 is 5.96 Å². The molecule has 6 nitrogen and oxygen atoms in total. The average molecular weight is 416 g/mol. The van der Waals surface area contributed by atoms with Gasteiger partial charge in [-0.2, -0.15) is 0 Å². The Balaban J connectivity index is 1.59. The van der Waals surface area contributed by atoms with Gasteiger partial charge in [0.05, 0.1) is 21.3 Å². The largest absolute Gasteiger partial charge is 0.496 e. The Morgan fingerprint density at radius 2 is 1.70 bits per heavy atom. The fourth-order valence-corrected chi connectivity index (χ4v) is 3.69. The molecule has 0 spiro atoms. The van der Waals surface area contributed by atoms with Gasteiger partial charge in [0.2, 0.25) is 0 Å². The van der Waals surface area contributed by atoms with Crippen molar-refractivity contribution in [1.29, 1.82) is 0 Å². The number of hydrogen-bond acceptors (Lipinski definition) is 4. The smallest absolute Gasteiger partial charge is 0.191 e. The molecule has 0 atom stereocenters. The van der Waals surface area contributed by atoms with E-state index in [2.05, 4.69) is 15.6 Å². The van der Waals surface area contributed by atoms with Gasteiger partial charge in [-0.1, -0.05) is 18.2 Å². The van der Waals surface area contributed by atoms with E-state index in [-0.39, 0.29) is 11.2 Å². The van der Waals surface area contributed by atoms with Crippen LogP contribution in [-0.2, 0) is 11.8 Å². The first-order valence-electron chi connectivity index (χ1n) is 10.1. The lowest BCUT2D eigenvalue weighted by Gasteiger charge is -2.20. The standard InChI is InChI=1S/C23H30FN3O3/c1-25-22(27-15-23(10-11-23)18-7-5-6-8-19(18)24)26-12-9-17-20(29-3)13-16(28-2)14-21(17)30-4/h5-8,13-14H,9-12,15H2,1-4H3,(H2,25,26,27). The zero-order chi connectivity index (χ0) is 21.6. The third-order valence-corrected chi connectivity index (χ3v) is 5.60. The van der Waals surface area contributed by atoms with E-state index in [1.54, 1.807) is 34.4 Å². The van der Waals surface area contributed by atoms with Crippen LogP contribution in [0.15, 0.2) is 41.4 Å². The lowest BCUT2D eigenvalue weighted by atomic mass is 9.95. The molecule has 2 aromatic carbocycles. The number of benzene rings is 2. The second-order valence-corrected chi connectivity index (χ2v) is 7.37. The Bertz CT molecular complexity index is 872. The summed E-state index contributed by atoms with van der Waals surface area (Å²) < 4.78 is 30.5. The minimum Gasteiger partial charge on any atom is -0.496 e. The molecular weight excluding hydrogens is 385 g/mol. The molecule has 1 aliphatic rings. The number of halogens is 1. The third kappa shape index (κ3) is 4.78. The second kappa shape index (κ2) is 9.69. The Hall–Kier alpha value is -2.96. The van der Waals surface area contributed by atoms with E-state index < -0.39 is 0 Å². The molecule has 2 aromatic rings. The first kappa shape index (κ1) is 21.7. The summed E-state index contributed by atoms with van der Waals surface area (Å²) >= 11 is 0. The Morgan fingerprint density at radius 1 is 1.03 bits per heavy atom. The number of aliphatic imine (C=N–C) groups is 1. The van der Waals surface area contributed by atoms with E-state index in [0.717, 1.165) is 24.0 Å². The van der Waals surface area contributed by atoms with Crippen LogP contribution in [0.1, 0.15) is 24.0 Å². The van der Waals surface area contributed by atoms with E-state index in [4.69, 9.17) is 14.2 Å². The van der Waals surface area contributed by atoms with E-state index >= 15 is 0 Å². The molecule has 162 valence electrons. The van der Waals surface area contributed by atoms with E-state index in [0.29, 0.717) is 42.7 Å². The molecule has 7 heteroatoms. The van der Waals surface area contributed by atoms with Gasteiger partial charge in [0.15, 0.2) is 5.96 Å². The van der Waals surface area contributed by atoms with Crippen LogP contribution in [0.25, 0.3) is 0 Å². The van der Waals surface area contributed by atoms with Gasteiger partial charge in [-0.25, -0.2) is 4.39 Å². The van der Waals surface area contributed by atoms with E-state index in [1.807, 2.05) is 24.3 Å². The van der Waals surface area contributed by atoms with Crippen molar-refractivity contribution in [3.63, 3.8) is 0 Å². The maximum absolute atomic E-state index is 14.2. The molecule has 30 heavy (non-hydrogen) atoms. The highest BCUT2D eigenvalue weighted by Crippen LogP contribution is 2.48. The topological polar surface area (TPSA) is 64.1 Å². The molecule has 3 rings (SSSR count). The van der Waals surface area contributed by atoms with Crippen LogP contribution in [0.2, 0.25) is 0 Å². The van der Waals surface area contributed by atoms with Crippen molar-refractivity contribution in [2.24, 2.45) is 4.99 Å². The van der Waals surface area contributed by atoms with Crippen molar-refractivity contribution in [2.75, 3.05) is 41.5 Å². The number of nitrogens with one attached hydrogen (secondary N) is 2. The maximum Gasteiger partial charge on any atom is 0.191 e. The van der Waals surface area contributed by atoms with Gasteiger partial charge in [0, 0.05) is 43.2 Å². The van der Waals surface area contributed by atoms with Crippen LogP contribution in [0.3, 0.4) is 0 Å². The monoisotopic (exact) mass is 415 g/mol. The van der Waals surface area contributed by atoms with E-state index in [9.17, 15) is 4.39 Å². The van der Waals surface area contributed by atoms with Crippen LogP contribution >= 0.6 is 0 Å². The number of guanidine groups is 1. The molecule has 0 radical (unpaired) electrons. The molecular formula is C23H30FN3O3. The van der Waals surface area contributed by atoms with Crippen LogP contribution in [0.4, 0.5) is 4.39 Å². The molecule has 0 amide bonds. The molecule has 0 aliphatic heterocycles. The first-order chi connectivity index (χ1) is 14.6. The van der Waals surface area contributed by atoms with Crippen molar-refractivity contribution in [2.45, 2.75) is 24.7 Å². The molecule has 1 aliphatic carbocycles. The van der Waals surface area contributed by atoms with Crippen molar-refractivity contribution < 1.29 is 18.6 Å². The summed E-state index contributed by atoms with van der Waals surface area (Å²) in [6.07, 6.45) is 2.62. The first-order valence-corrected chi connectivity index (χ1v) is 10.1. The van der Waals surface area contributed by atoms with Gasteiger partial charge >= 0.3 is 0 Å². The normalized spacial score (nSPS) is 14.8. The van der Waals surface area contributed by atoms with Crippen LogP contribution in [0, 0.1) is 5.82 Å². The lowest BCUT2D eigenvalue weighted by molar-refractivity contribution is 0.368. The number of rotatable bonds is 9. The highest BCUT2D eigenvalue weighted by Gasteiger charge is 2.45. The maximum atomic E-state index is 14.2. The average Bonchev–Trinajstić information content (AvgIpc) is 3.56. The summed E-state index contributed by atoms with van der Waals surface area (Å²) in [6, 6.07) is 10.7. The highest BCUT2D eigenvalue weighted by atomic mass is 19.1. The summed E-state index contributed by atoms with van der Waals surface area (Å²) in [5.41, 5.74) is 1.58.